The van der Waals surface area contributed by atoms with Crippen LogP contribution in [0.3, 0.4) is 0 Å². The van der Waals surface area contributed by atoms with E-state index in [1.807, 2.05) is 19.1 Å². The molecule has 0 aliphatic rings. The van der Waals surface area contributed by atoms with Gasteiger partial charge in [-0.25, -0.2) is 0 Å². The summed E-state index contributed by atoms with van der Waals surface area (Å²) in [6.45, 7) is 1.90. The van der Waals surface area contributed by atoms with E-state index in [4.69, 9.17) is 21.1 Å². The molecular formula is C19H18ClN3O3. The first-order valence-electron chi connectivity index (χ1n) is 7.87. The molecule has 0 radical (unpaired) electrons. The molecule has 0 atom stereocenters. The largest absolute Gasteiger partial charge is 0.497 e. The van der Waals surface area contributed by atoms with E-state index in [9.17, 15) is 4.79 Å². The maximum absolute atomic E-state index is 12.4. The van der Waals surface area contributed by atoms with Crippen LogP contribution in [0.1, 0.15) is 16.1 Å². The zero-order valence-electron chi connectivity index (χ0n) is 14.6. The molecule has 26 heavy (non-hydrogen) atoms. The standard InChI is InChI=1S/C19H18ClN3O3/c1-11-4-5-12(8-15(11)20)21-19(24)17-10-16(22-23-17)14-7-6-13(25-2)9-18(14)26-3/h4-10H,1-3H3,(H,21,24)(H,22,23). The number of amides is 1. The number of nitrogens with one attached hydrogen (secondary N) is 2. The molecule has 1 heterocycles. The summed E-state index contributed by atoms with van der Waals surface area (Å²) in [7, 11) is 3.16. The Balaban J connectivity index is 1.83. The zero-order chi connectivity index (χ0) is 18.7. The van der Waals surface area contributed by atoms with Crippen molar-refractivity contribution < 1.29 is 14.3 Å². The molecule has 7 heteroatoms. The monoisotopic (exact) mass is 371 g/mol. The summed E-state index contributed by atoms with van der Waals surface area (Å²) in [5.74, 6) is 0.972. The number of rotatable bonds is 5. The van der Waals surface area contributed by atoms with Crippen LogP contribution in [-0.2, 0) is 0 Å². The summed E-state index contributed by atoms with van der Waals surface area (Å²) in [6.07, 6.45) is 0. The number of hydrogen-bond acceptors (Lipinski definition) is 4. The van der Waals surface area contributed by atoms with Crippen molar-refractivity contribution >= 4 is 23.2 Å². The minimum absolute atomic E-state index is 0.309. The molecule has 0 aliphatic carbocycles. The van der Waals surface area contributed by atoms with Crippen molar-refractivity contribution in [3.8, 4) is 22.8 Å². The fraction of sp³-hybridized carbons (Fsp3) is 0.158. The molecule has 134 valence electrons. The SMILES string of the molecule is COc1ccc(-c2cc(C(=O)Nc3ccc(C)c(Cl)c3)[nH]n2)c(OC)c1. The van der Waals surface area contributed by atoms with E-state index in [1.165, 1.54) is 0 Å². The van der Waals surface area contributed by atoms with Crippen LogP contribution >= 0.6 is 11.6 Å². The van der Waals surface area contributed by atoms with E-state index in [0.717, 1.165) is 11.1 Å². The number of aromatic amines is 1. The van der Waals surface area contributed by atoms with Gasteiger partial charge in [-0.05, 0) is 42.8 Å². The molecule has 0 aliphatic heterocycles. The van der Waals surface area contributed by atoms with Crippen molar-refractivity contribution in [3.05, 3.63) is 58.7 Å². The molecule has 0 unspecified atom stereocenters. The number of aromatic nitrogens is 2. The summed E-state index contributed by atoms with van der Waals surface area (Å²) in [4.78, 5) is 12.4. The lowest BCUT2D eigenvalue weighted by Crippen LogP contribution is -2.12. The molecule has 0 bridgehead atoms. The highest BCUT2D eigenvalue weighted by atomic mass is 35.5. The zero-order valence-corrected chi connectivity index (χ0v) is 15.3. The average molecular weight is 372 g/mol. The third kappa shape index (κ3) is 3.65. The van der Waals surface area contributed by atoms with Gasteiger partial charge in [0.15, 0.2) is 0 Å². The quantitative estimate of drug-likeness (QED) is 0.700. The number of hydrogen-bond donors (Lipinski definition) is 2. The normalized spacial score (nSPS) is 10.5. The molecule has 0 saturated carbocycles. The minimum Gasteiger partial charge on any atom is -0.497 e. The molecule has 3 rings (SSSR count). The molecule has 0 saturated heterocycles. The number of nitrogens with zero attached hydrogens (tertiary/aromatic N) is 1. The Kier molecular flexibility index (Phi) is 5.14. The van der Waals surface area contributed by atoms with Gasteiger partial charge in [0.25, 0.3) is 5.91 Å². The highest BCUT2D eigenvalue weighted by Gasteiger charge is 2.15. The first-order valence-corrected chi connectivity index (χ1v) is 8.25. The molecule has 0 fully saturated rings. The minimum atomic E-state index is -0.309. The second kappa shape index (κ2) is 7.49. The van der Waals surface area contributed by atoms with E-state index in [1.54, 1.807) is 44.6 Å². The molecule has 0 spiro atoms. The molecule has 2 N–H and O–H groups in total. The first-order chi connectivity index (χ1) is 12.5. The van der Waals surface area contributed by atoms with Crippen LogP contribution in [-0.4, -0.2) is 30.3 Å². The number of H-pyrrole nitrogens is 1. The number of aryl methyl sites for hydroxylation is 1. The lowest BCUT2D eigenvalue weighted by atomic mass is 10.1. The molecular weight excluding hydrogens is 354 g/mol. The Hall–Kier alpha value is -2.99. The van der Waals surface area contributed by atoms with E-state index in [0.29, 0.717) is 33.6 Å². The predicted octanol–water partition coefficient (Wildman–Crippen LogP) is 4.31. The van der Waals surface area contributed by atoms with Crippen molar-refractivity contribution in [2.24, 2.45) is 0 Å². The Morgan fingerprint density at radius 2 is 1.92 bits per heavy atom. The van der Waals surface area contributed by atoms with Crippen LogP contribution in [0.15, 0.2) is 42.5 Å². The summed E-state index contributed by atoms with van der Waals surface area (Å²) >= 11 is 6.09. The van der Waals surface area contributed by atoms with Crippen molar-refractivity contribution in [3.63, 3.8) is 0 Å². The predicted molar refractivity (Wildman–Crippen MR) is 101 cm³/mol. The van der Waals surface area contributed by atoms with Crippen LogP contribution in [0.4, 0.5) is 5.69 Å². The molecule has 1 aromatic heterocycles. The van der Waals surface area contributed by atoms with Crippen LogP contribution in [0.2, 0.25) is 5.02 Å². The lowest BCUT2D eigenvalue weighted by molar-refractivity contribution is 0.102. The van der Waals surface area contributed by atoms with Gasteiger partial charge >= 0.3 is 0 Å². The van der Waals surface area contributed by atoms with Gasteiger partial charge in [-0.2, -0.15) is 5.10 Å². The van der Waals surface area contributed by atoms with Crippen molar-refractivity contribution in [2.75, 3.05) is 19.5 Å². The van der Waals surface area contributed by atoms with Gasteiger partial charge in [0.1, 0.15) is 17.2 Å². The average Bonchev–Trinajstić information content (AvgIpc) is 3.14. The van der Waals surface area contributed by atoms with Crippen LogP contribution in [0, 0.1) is 6.92 Å². The molecule has 6 nitrogen and oxygen atoms in total. The number of carbonyl (C=O) groups excluding carboxylic acids is 1. The van der Waals surface area contributed by atoms with Crippen LogP contribution in [0.25, 0.3) is 11.3 Å². The van der Waals surface area contributed by atoms with Crippen molar-refractivity contribution in [1.82, 2.24) is 10.2 Å². The van der Waals surface area contributed by atoms with E-state index in [-0.39, 0.29) is 5.91 Å². The second-order valence-electron chi connectivity index (χ2n) is 5.65. The fourth-order valence-corrected chi connectivity index (χ4v) is 2.64. The summed E-state index contributed by atoms with van der Waals surface area (Å²) < 4.78 is 10.6. The highest BCUT2D eigenvalue weighted by molar-refractivity contribution is 6.31. The van der Waals surface area contributed by atoms with Gasteiger partial charge in [0.05, 0.1) is 19.9 Å². The van der Waals surface area contributed by atoms with Crippen LogP contribution < -0.4 is 14.8 Å². The Morgan fingerprint density at radius 3 is 2.62 bits per heavy atom. The third-order valence-corrected chi connectivity index (χ3v) is 4.34. The van der Waals surface area contributed by atoms with Gasteiger partial charge in [0.2, 0.25) is 0 Å². The maximum atomic E-state index is 12.4. The highest BCUT2D eigenvalue weighted by Crippen LogP contribution is 2.32. The molecule has 3 aromatic rings. The summed E-state index contributed by atoms with van der Waals surface area (Å²) in [5, 5.41) is 10.3. The lowest BCUT2D eigenvalue weighted by Gasteiger charge is -2.08. The fourth-order valence-electron chi connectivity index (χ4n) is 2.46. The number of anilines is 1. The summed E-state index contributed by atoms with van der Waals surface area (Å²) in [5.41, 5.74) is 3.23. The number of benzene rings is 2. The van der Waals surface area contributed by atoms with Gasteiger partial charge in [-0.3, -0.25) is 9.89 Å². The number of ether oxygens (including phenoxy) is 2. The van der Waals surface area contributed by atoms with Crippen molar-refractivity contribution in [1.29, 1.82) is 0 Å². The smallest absolute Gasteiger partial charge is 0.273 e. The van der Waals surface area contributed by atoms with Gasteiger partial charge < -0.3 is 14.8 Å². The Labute approximate surface area is 156 Å². The topological polar surface area (TPSA) is 76.2 Å². The third-order valence-electron chi connectivity index (χ3n) is 3.94. The van der Waals surface area contributed by atoms with E-state index in [2.05, 4.69) is 15.5 Å². The molecule has 1 amide bonds. The first kappa shape index (κ1) is 17.8. The Morgan fingerprint density at radius 1 is 1.12 bits per heavy atom. The Bertz CT molecular complexity index is 953. The van der Waals surface area contributed by atoms with Crippen molar-refractivity contribution in [2.45, 2.75) is 6.92 Å². The van der Waals surface area contributed by atoms with Crippen LogP contribution in [0.5, 0.6) is 11.5 Å². The second-order valence-corrected chi connectivity index (χ2v) is 6.06. The summed E-state index contributed by atoms with van der Waals surface area (Å²) in [6, 6.07) is 12.4. The number of carbonyl (C=O) groups is 1. The number of methoxy groups -OCH3 is 2. The van der Waals surface area contributed by atoms with E-state index < -0.39 is 0 Å². The number of halogens is 1. The van der Waals surface area contributed by atoms with E-state index >= 15 is 0 Å². The maximum Gasteiger partial charge on any atom is 0.273 e. The van der Waals surface area contributed by atoms with Gasteiger partial charge in [-0.15, -0.1) is 0 Å². The van der Waals surface area contributed by atoms with Gasteiger partial charge in [-0.1, -0.05) is 17.7 Å². The van der Waals surface area contributed by atoms with Gasteiger partial charge in [0, 0.05) is 22.3 Å². The molecule has 2 aromatic carbocycles.